The van der Waals surface area contributed by atoms with Crippen LogP contribution in [0.15, 0.2) is 12.4 Å². The van der Waals surface area contributed by atoms with Gasteiger partial charge in [0.2, 0.25) is 5.91 Å². The number of hydrogen-bond acceptors (Lipinski definition) is 4. The second kappa shape index (κ2) is 6.51. The number of nitrogens with zero attached hydrogens (tertiary/aromatic N) is 2. The molecule has 1 heterocycles. The molecule has 0 saturated carbocycles. The van der Waals surface area contributed by atoms with Gasteiger partial charge >= 0.3 is 0 Å². The summed E-state index contributed by atoms with van der Waals surface area (Å²) in [6.45, 7) is 4.56. The van der Waals surface area contributed by atoms with Crippen LogP contribution < -0.4 is 0 Å². The van der Waals surface area contributed by atoms with E-state index in [2.05, 4.69) is 9.97 Å². The maximum atomic E-state index is 12.4. The Bertz CT molecular complexity index is 363. The minimum atomic E-state index is -0.615. The van der Waals surface area contributed by atoms with Crippen molar-refractivity contribution < 1.29 is 14.6 Å². The minimum absolute atomic E-state index is 0.0604. The quantitative estimate of drug-likeness (QED) is 0.739. The Balaban J connectivity index is 2.74. The van der Waals surface area contributed by atoms with Gasteiger partial charge in [0.25, 0.3) is 0 Å². The van der Waals surface area contributed by atoms with E-state index in [-0.39, 0.29) is 19.1 Å². The third-order valence-corrected chi connectivity index (χ3v) is 2.64. The fourth-order valence-corrected chi connectivity index (χ4v) is 1.79. The molecule has 0 aromatic carbocycles. The number of amides is 1. The van der Waals surface area contributed by atoms with Gasteiger partial charge in [0.05, 0.1) is 25.2 Å². The van der Waals surface area contributed by atoms with Gasteiger partial charge in [-0.25, -0.2) is 4.98 Å². The Hall–Kier alpha value is -1.40. The number of hydrogen-bond donors (Lipinski definition) is 2. The van der Waals surface area contributed by atoms with E-state index in [0.29, 0.717) is 19.0 Å². The summed E-state index contributed by atoms with van der Waals surface area (Å²) in [5.41, 5.74) is -0.615. The Kier molecular flexibility index (Phi) is 5.30. The van der Waals surface area contributed by atoms with Crippen LogP contribution in [-0.4, -0.2) is 52.7 Å². The molecule has 1 aromatic heterocycles. The molecule has 0 spiro atoms. The van der Waals surface area contributed by atoms with Gasteiger partial charge < -0.3 is 19.7 Å². The van der Waals surface area contributed by atoms with E-state index in [4.69, 9.17) is 9.84 Å². The summed E-state index contributed by atoms with van der Waals surface area (Å²) in [4.78, 5) is 21.0. The monoisotopic (exact) mass is 255 g/mol. The number of aromatic nitrogens is 2. The summed E-state index contributed by atoms with van der Waals surface area (Å²) >= 11 is 0. The molecule has 0 fully saturated rings. The number of ether oxygens (including phenoxy) is 1. The van der Waals surface area contributed by atoms with Crippen molar-refractivity contribution in [2.75, 3.05) is 26.9 Å². The van der Waals surface area contributed by atoms with Crippen LogP contribution in [-0.2, 0) is 16.1 Å². The largest absolute Gasteiger partial charge is 0.395 e. The zero-order valence-electron chi connectivity index (χ0n) is 11.1. The molecular weight excluding hydrogens is 234 g/mol. The number of aliphatic hydroxyl groups excluding tert-OH is 1. The van der Waals surface area contributed by atoms with Crippen LogP contribution in [0.1, 0.15) is 19.7 Å². The molecule has 18 heavy (non-hydrogen) atoms. The van der Waals surface area contributed by atoms with Crippen molar-refractivity contribution in [2.24, 2.45) is 5.41 Å². The lowest BCUT2D eigenvalue weighted by molar-refractivity contribution is -0.144. The average Bonchev–Trinajstić information content (AvgIpc) is 2.80. The molecule has 1 rings (SSSR count). The van der Waals surface area contributed by atoms with Gasteiger partial charge in [0.15, 0.2) is 0 Å². The SMILES string of the molecule is COCC(C)(C)C(=O)N(CCO)Cc1ncc[nH]1. The van der Waals surface area contributed by atoms with Crippen LogP contribution in [0.2, 0.25) is 0 Å². The molecule has 6 nitrogen and oxygen atoms in total. The Morgan fingerprint density at radius 3 is 2.83 bits per heavy atom. The minimum Gasteiger partial charge on any atom is -0.395 e. The van der Waals surface area contributed by atoms with Crippen molar-refractivity contribution in [3.8, 4) is 0 Å². The lowest BCUT2D eigenvalue weighted by atomic mass is 9.92. The molecule has 0 aliphatic heterocycles. The number of rotatable bonds is 7. The number of imidazole rings is 1. The number of aliphatic hydroxyl groups is 1. The number of carbonyl (C=O) groups excluding carboxylic acids is 1. The molecule has 1 aromatic rings. The Morgan fingerprint density at radius 1 is 1.61 bits per heavy atom. The normalized spacial score (nSPS) is 11.6. The summed E-state index contributed by atoms with van der Waals surface area (Å²) in [6.07, 6.45) is 3.34. The predicted octanol–water partition coefficient (Wildman–Crippen LogP) is 0.403. The van der Waals surface area contributed by atoms with E-state index in [1.807, 2.05) is 13.8 Å². The van der Waals surface area contributed by atoms with Crippen molar-refractivity contribution in [2.45, 2.75) is 20.4 Å². The van der Waals surface area contributed by atoms with Crippen molar-refractivity contribution in [1.29, 1.82) is 0 Å². The molecule has 0 saturated heterocycles. The highest BCUT2D eigenvalue weighted by Crippen LogP contribution is 2.20. The van der Waals surface area contributed by atoms with E-state index >= 15 is 0 Å². The van der Waals surface area contributed by atoms with Crippen molar-refractivity contribution in [1.82, 2.24) is 14.9 Å². The van der Waals surface area contributed by atoms with Gasteiger partial charge in [0, 0.05) is 26.0 Å². The lowest BCUT2D eigenvalue weighted by Crippen LogP contribution is -2.44. The van der Waals surface area contributed by atoms with Crippen LogP contribution in [0, 0.1) is 5.41 Å². The molecule has 2 N–H and O–H groups in total. The zero-order chi connectivity index (χ0) is 13.6. The highest BCUT2D eigenvalue weighted by Gasteiger charge is 2.32. The molecule has 0 atom stereocenters. The zero-order valence-corrected chi connectivity index (χ0v) is 11.1. The molecule has 0 bridgehead atoms. The third kappa shape index (κ3) is 3.82. The summed E-state index contributed by atoms with van der Waals surface area (Å²) in [6, 6.07) is 0. The first kappa shape index (κ1) is 14.7. The van der Waals surface area contributed by atoms with E-state index in [1.54, 1.807) is 24.4 Å². The van der Waals surface area contributed by atoms with Crippen molar-refractivity contribution in [3.63, 3.8) is 0 Å². The topological polar surface area (TPSA) is 78.4 Å². The van der Waals surface area contributed by atoms with Crippen LogP contribution in [0.25, 0.3) is 0 Å². The van der Waals surface area contributed by atoms with Gasteiger partial charge in [-0.3, -0.25) is 4.79 Å². The van der Waals surface area contributed by atoms with Gasteiger partial charge in [-0.15, -0.1) is 0 Å². The van der Waals surface area contributed by atoms with Crippen LogP contribution in [0.3, 0.4) is 0 Å². The Labute approximate surface area is 107 Å². The number of carbonyl (C=O) groups is 1. The van der Waals surface area contributed by atoms with Gasteiger partial charge in [-0.1, -0.05) is 0 Å². The predicted molar refractivity (Wildman–Crippen MR) is 66.7 cm³/mol. The van der Waals surface area contributed by atoms with Crippen molar-refractivity contribution in [3.05, 3.63) is 18.2 Å². The van der Waals surface area contributed by atoms with Crippen molar-refractivity contribution >= 4 is 5.91 Å². The van der Waals surface area contributed by atoms with E-state index in [1.165, 1.54) is 0 Å². The molecule has 0 unspecified atom stereocenters. The maximum Gasteiger partial charge on any atom is 0.231 e. The van der Waals surface area contributed by atoms with Crippen LogP contribution in [0.4, 0.5) is 0 Å². The lowest BCUT2D eigenvalue weighted by Gasteiger charge is -2.30. The summed E-state index contributed by atoms with van der Waals surface area (Å²) in [5, 5.41) is 9.05. The standard InChI is InChI=1S/C12H21N3O3/c1-12(2,9-18-3)11(17)15(6-7-16)8-10-13-4-5-14-10/h4-5,16H,6-9H2,1-3H3,(H,13,14). The first-order valence-corrected chi connectivity index (χ1v) is 5.88. The molecular formula is C12H21N3O3. The average molecular weight is 255 g/mol. The Morgan fingerprint density at radius 2 is 2.33 bits per heavy atom. The summed E-state index contributed by atoms with van der Waals surface area (Å²) < 4.78 is 5.06. The highest BCUT2D eigenvalue weighted by molar-refractivity contribution is 5.82. The second-order valence-electron chi connectivity index (χ2n) is 4.80. The maximum absolute atomic E-state index is 12.4. The second-order valence-corrected chi connectivity index (χ2v) is 4.80. The van der Waals surface area contributed by atoms with Crippen LogP contribution in [0.5, 0.6) is 0 Å². The fourth-order valence-electron chi connectivity index (χ4n) is 1.79. The molecule has 1 amide bonds. The van der Waals surface area contributed by atoms with Crippen LogP contribution >= 0.6 is 0 Å². The number of H-pyrrole nitrogens is 1. The number of nitrogens with one attached hydrogen (secondary N) is 1. The van der Waals surface area contributed by atoms with E-state index in [9.17, 15) is 4.79 Å². The van der Waals surface area contributed by atoms with Gasteiger partial charge in [0.1, 0.15) is 5.82 Å². The third-order valence-electron chi connectivity index (χ3n) is 2.64. The molecule has 0 aliphatic carbocycles. The number of aromatic amines is 1. The highest BCUT2D eigenvalue weighted by atomic mass is 16.5. The smallest absolute Gasteiger partial charge is 0.231 e. The molecule has 0 radical (unpaired) electrons. The van der Waals surface area contributed by atoms with E-state index in [0.717, 1.165) is 0 Å². The summed E-state index contributed by atoms with van der Waals surface area (Å²) in [7, 11) is 1.57. The van der Waals surface area contributed by atoms with E-state index < -0.39 is 5.41 Å². The van der Waals surface area contributed by atoms with Gasteiger partial charge in [-0.2, -0.15) is 0 Å². The molecule has 0 aliphatic rings. The first-order valence-electron chi connectivity index (χ1n) is 5.88. The number of methoxy groups -OCH3 is 1. The van der Waals surface area contributed by atoms with Gasteiger partial charge in [-0.05, 0) is 13.8 Å². The summed E-state index contributed by atoms with van der Waals surface area (Å²) in [5.74, 6) is 0.639. The molecule has 102 valence electrons. The fraction of sp³-hybridized carbons (Fsp3) is 0.667. The first-order chi connectivity index (χ1) is 8.51. The molecule has 6 heteroatoms.